The number of tetrazole rings is 1. The number of aromatic nitrogens is 4. The van der Waals surface area contributed by atoms with Crippen molar-refractivity contribution in [3.63, 3.8) is 0 Å². The van der Waals surface area contributed by atoms with Crippen LogP contribution >= 0.6 is 11.8 Å². The fraction of sp³-hybridized carbons (Fsp3) is 0.529. The molecular weight excluding hydrogens is 336 g/mol. The molecule has 0 spiro atoms. The van der Waals surface area contributed by atoms with E-state index in [0.29, 0.717) is 10.9 Å². The van der Waals surface area contributed by atoms with E-state index in [9.17, 15) is 4.79 Å². The Labute approximate surface area is 152 Å². The van der Waals surface area contributed by atoms with Gasteiger partial charge in [0.2, 0.25) is 11.1 Å². The number of benzene rings is 1. The Kier molecular flexibility index (Phi) is 6.04. The molecule has 0 unspecified atom stereocenters. The second-order valence-corrected chi connectivity index (χ2v) is 7.17. The molecule has 25 heavy (non-hydrogen) atoms. The highest BCUT2D eigenvalue weighted by molar-refractivity contribution is 7.99. The molecule has 3 rings (SSSR count). The summed E-state index contributed by atoms with van der Waals surface area (Å²) >= 11 is 1.36. The van der Waals surface area contributed by atoms with Crippen LogP contribution in [-0.2, 0) is 4.79 Å². The number of piperidine rings is 1. The Morgan fingerprint density at radius 1 is 1.32 bits per heavy atom. The van der Waals surface area contributed by atoms with Gasteiger partial charge in [-0.1, -0.05) is 36.9 Å². The minimum absolute atomic E-state index is 0.0410. The lowest BCUT2D eigenvalue weighted by Gasteiger charge is -2.31. The number of likely N-dealkylation sites (tertiary alicyclic amines) is 1. The molecule has 0 aliphatic carbocycles. The van der Waals surface area contributed by atoms with Gasteiger partial charge in [-0.05, 0) is 48.4 Å². The van der Waals surface area contributed by atoms with Gasteiger partial charge in [0.15, 0.2) is 0 Å². The molecule has 0 radical (unpaired) electrons. The molecule has 7 nitrogen and oxygen atoms in total. The van der Waals surface area contributed by atoms with Crippen LogP contribution < -0.4 is 5.32 Å². The van der Waals surface area contributed by atoms with E-state index in [1.807, 2.05) is 31.2 Å². The van der Waals surface area contributed by atoms with Gasteiger partial charge in [0, 0.05) is 19.1 Å². The zero-order valence-electron chi connectivity index (χ0n) is 14.7. The molecule has 0 saturated carbocycles. The molecular formula is C17H24N6OS. The molecule has 134 valence electrons. The summed E-state index contributed by atoms with van der Waals surface area (Å²) in [5.74, 6) is 0.361. The number of rotatable bonds is 6. The van der Waals surface area contributed by atoms with Crippen molar-refractivity contribution in [3.05, 3.63) is 29.8 Å². The number of carbonyl (C=O) groups is 1. The largest absolute Gasteiger partial charge is 0.353 e. The molecule has 1 fully saturated rings. The first-order valence-electron chi connectivity index (χ1n) is 8.66. The van der Waals surface area contributed by atoms with Crippen LogP contribution in [0.2, 0.25) is 0 Å². The predicted molar refractivity (Wildman–Crippen MR) is 97.9 cm³/mol. The van der Waals surface area contributed by atoms with Gasteiger partial charge in [0.1, 0.15) is 0 Å². The van der Waals surface area contributed by atoms with Crippen LogP contribution in [0.15, 0.2) is 29.4 Å². The molecule has 1 aliphatic heterocycles. The van der Waals surface area contributed by atoms with Crippen LogP contribution in [0.25, 0.3) is 5.69 Å². The minimum Gasteiger partial charge on any atom is -0.353 e. The average Bonchev–Trinajstić information content (AvgIpc) is 3.09. The third-order valence-corrected chi connectivity index (χ3v) is 5.44. The predicted octanol–water partition coefficient (Wildman–Crippen LogP) is 1.66. The van der Waals surface area contributed by atoms with Gasteiger partial charge in [0.25, 0.3) is 0 Å². The van der Waals surface area contributed by atoms with Gasteiger partial charge < -0.3 is 10.2 Å². The van der Waals surface area contributed by atoms with Crippen LogP contribution in [0, 0.1) is 6.92 Å². The first-order chi connectivity index (χ1) is 12.2. The van der Waals surface area contributed by atoms with Gasteiger partial charge in [-0.15, -0.1) is 5.10 Å². The van der Waals surface area contributed by atoms with Crippen LogP contribution in [0.4, 0.5) is 0 Å². The molecule has 1 aliphatic rings. The maximum Gasteiger partial charge on any atom is 0.230 e. The number of aryl methyl sites for hydroxylation is 1. The van der Waals surface area contributed by atoms with E-state index >= 15 is 0 Å². The average molecular weight is 360 g/mol. The van der Waals surface area contributed by atoms with E-state index in [1.165, 1.54) is 11.8 Å². The molecule has 0 atom stereocenters. The molecule has 2 aromatic rings. The van der Waals surface area contributed by atoms with Crippen molar-refractivity contribution in [1.82, 2.24) is 30.4 Å². The zero-order chi connectivity index (χ0) is 17.6. The molecule has 1 aromatic carbocycles. The summed E-state index contributed by atoms with van der Waals surface area (Å²) in [4.78, 5) is 14.7. The van der Waals surface area contributed by atoms with Crippen LogP contribution in [0.1, 0.15) is 25.3 Å². The number of thioether (sulfide) groups is 1. The fourth-order valence-corrected chi connectivity index (χ4v) is 3.71. The number of amides is 1. The van der Waals surface area contributed by atoms with Crippen LogP contribution in [0.5, 0.6) is 0 Å². The smallest absolute Gasteiger partial charge is 0.230 e. The van der Waals surface area contributed by atoms with Gasteiger partial charge in [-0.2, -0.15) is 4.68 Å². The van der Waals surface area contributed by atoms with Gasteiger partial charge in [0.05, 0.1) is 11.4 Å². The molecule has 1 amide bonds. The van der Waals surface area contributed by atoms with E-state index in [0.717, 1.165) is 43.7 Å². The number of nitrogens with zero attached hydrogens (tertiary/aromatic N) is 5. The monoisotopic (exact) mass is 360 g/mol. The van der Waals surface area contributed by atoms with Gasteiger partial charge >= 0.3 is 0 Å². The molecule has 1 N–H and O–H groups in total. The molecule has 1 aromatic heterocycles. The van der Waals surface area contributed by atoms with E-state index in [4.69, 9.17) is 0 Å². The van der Waals surface area contributed by atoms with Crippen molar-refractivity contribution in [2.45, 2.75) is 37.9 Å². The number of nitrogens with one attached hydrogen (secondary N) is 1. The summed E-state index contributed by atoms with van der Waals surface area (Å²) in [6.07, 6.45) is 2.04. The van der Waals surface area contributed by atoms with Gasteiger partial charge in [-0.25, -0.2) is 0 Å². The van der Waals surface area contributed by atoms with Crippen molar-refractivity contribution < 1.29 is 4.79 Å². The van der Waals surface area contributed by atoms with Crippen molar-refractivity contribution in [1.29, 1.82) is 0 Å². The number of hydrogen-bond donors (Lipinski definition) is 1. The van der Waals surface area contributed by atoms with E-state index < -0.39 is 0 Å². The summed E-state index contributed by atoms with van der Waals surface area (Å²) in [7, 11) is 0. The fourth-order valence-electron chi connectivity index (χ4n) is 3.01. The normalized spacial score (nSPS) is 16.1. The minimum atomic E-state index is 0.0410. The molecule has 8 heteroatoms. The maximum atomic E-state index is 12.2. The maximum absolute atomic E-state index is 12.2. The third kappa shape index (κ3) is 4.58. The van der Waals surface area contributed by atoms with E-state index in [2.05, 4.69) is 32.7 Å². The lowest BCUT2D eigenvalue weighted by Crippen LogP contribution is -2.45. The number of carbonyl (C=O) groups excluding carboxylic acids is 1. The molecule has 2 heterocycles. The van der Waals surface area contributed by atoms with Gasteiger partial charge in [-0.3, -0.25) is 4.79 Å². The standard InChI is InChI=1S/C17H24N6OS/c1-3-22-10-8-14(9-11-22)18-16(24)12-25-17-19-20-21-23(17)15-7-5-4-6-13(15)2/h4-7,14H,3,8-12H2,1-2H3,(H,18,24). The number of hydrogen-bond acceptors (Lipinski definition) is 6. The Morgan fingerprint density at radius 2 is 2.08 bits per heavy atom. The van der Waals surface area contributed by atoms with Crippen LogP contribution in [-0.4, -0.2) is 62.4 Å². The third-order valence-electron chi connectivity index (χ3n) is 4.52. The second kappa shape index (κ2) is 8.44. The summed E-state index contributed by atoms with van der Waals surface area (Å²) in [6, 6.07) is 8.20. The molecule has 1 saturated heterocycles. The van der Waals surface area contributed by atoms with Crippen molar-refractivity contribution in [2.75, 3.05) is 25.4 Å². The Hall–Kier alpha value is -1.93. The summed E-state index contributed by atoms with van der Waals surface area (Å²) in [6.45, 7) is 7.38. The summed E-state index contributed by atoms with van der Waals surface area (Å²) in [5.41, 5.74) is 2.02. The Bertz CT molecular complexity index is 711. The summed E-state index contributed by atoms with van der Waals surface area (Å²) < 4.78 is 1.69. The zero-order valence-corrected chi connectivity index (χ0v) is 15.5. The lowest BCUT2D eigenvalue weighted by atomic mass is 10.1. The summed E-state index contributed by atoms with van der Waals surface area (Å²) in [5, 5.41) is 15.6. The Morgan fingerprint density at radius 3 is 2.80 bits per heavy atom. The molecule has 0 bridgehead atoms. The first kappa shape index (κ1) is 17.9. The number of para-hydroxylation sites is 1. The highest BCUT2D eigenvalue weighted by atomic mass is 32.2. The van der Waals surface area contributed by atoms with Crippen molar-refractivity contribution >= 4 is 17.7 Å². The SMILES string of the molecule is CCN1CCC(NC(=O)CSc2nnnn2-c2ccccc2C)CC1. The van der Waals surface area contributed by atoms with E-state index in [-0.39, 0.29) is 11.9 Å². The quantitative estimate of drug-likeness (QED) is 0.790. The second-order valence-electron chi connectivity index (χ2n) is 6.22. The topological polar surface area (TPSA) is 75.9 Å². The van der Waals surface area contributed by atoms with E-state index in [1.54, 1.807) is 4.68 Å². The first-order valence-corrected chi connectivity index (χ1v) is 9.65. The lowest BCUT2D eigenvalue weighted by molar-refractivity contribution is -0.119. The van der Waals surface area contributed by atoms with Crippen molar-refractivity contribution in [3.8, 4) is 5.69 Å². The van der Waals surface area contributed by atoms with Crippen molar-refractivity contribution in [2.24, 2.45) is 0 Å². The van der Waals surface area contributed by atoms with Crippen LogP contribution in [0.3, 0.4) is 0 Å². The highest BCUT2D eigenvalue weighted by Gasteiger charge is 2.20. The Balaban J connectivity index is 1.54. The highest BCUT2D eigenvalue weighted by Crippen LogP contribution is 2.20.